The summed E-state index contributed by atoms with van der Waals surface area (Å²) in [5.41, 5.74) is 0.759. The molecule has 0 saturated heterocycles. The molecule has 0 atom stereocenters. The Hall–Kier alpha value is -3.66. The van der Waals surface area contributed by atoms with Crippen molar-refractivity contribution >= 4 is 27.3 Å². The van der Waals surface area contributed by atoms with Gasteiger partial charge in [0.1, 0.15) is 19.0 Å². The van der Waals surface area contributed by atoms with Gasteiger partial charge < -0.3 is 14.8 Å². The fraction of sp³-hybridized carbons (Fsp3) is 0.261. The fourth-order valence-electron chi connectivity index (χ4n) is 3.11. The van der Waals surface area contributed by atoms with Crippen LogP contribution in [0.2, 0.25) is 0 Å². The lowest BCUT2D eigenvalue weighted by molar-refractivity contribution is 0.102. The molecular weight excluding hydrogens is 444 g/mol. The summed E-state index contributed by atoms with van der Waals surface area (Å²) in [7, 11) is -3.90. The molecule has 172 valence electrons. The minimum Gasteiger partial charge on any atom is -0.486 e. The molecule has 10 heteroatoms. The van der Waals surface area contributed by atoms with Crippen molar-refractivity contribution < 1.29 is 22.7 Å². The molecule has 33 heavy (non-hydrogen) atoms. The number of amides is 1. The zero-order valence-corrected chi connectivity index (χ0v) is 19.3. The predicted molar refractivity (Wildman–Crippen MR) is 123 cm³/mol. The van der Waals surface area contributed by atoms with Crippen LogP contribution in [0.25, 0.3) is 0 Å². The standard InChI is InChI=1S/C23H24N4O5S/c1-23(2,3)22-24-13-17(14-25-22)26-21(28)15-5-4-6-16(11-15)27-33(29,30)18-7-8-19-20(12-18)32-10-9-31-19/h4-8,11-14,27H,9-10H2,1-3H3,(H,26,28). The van der Waals surface area contributed by atoms with Gasteiger partial charge in [-0.1, -0.05) is 26.8 Å². The summed E-state index contributed by atoms with van der Waals surface area (Å²) in [6, 6.07) is 10.6. The van der Waals surface area contributed by atoms with Crippen LogP contribution in [0.1, 0.15) is 37.0 Å². The maximum Gasteiger partial charge on any atom is 0.262 e. The Morgan fingerprint density at radius 1 is 0.939 bits per heavy atom. The highest BCUT2D eigenvalue weighted by atomic mass is 32.2. The highest BCUT2D eigenvalue weighted by Gasteiger charge is 2.20. The molecule has 2 aromatic carbocycles. The third-order valence-corrected chi connectivity index (χ3v) is 6.16. The molecule has 0 spiro atoms. The number of sulfonamides is 1. The first-order valence-electron chi connectivity index (χ1n) is 10.3. The van der Waals surface area contributed by atoms with Crippen LogP contribution in [0.3, 0.4) is 0 Å². The number of nitrogens with zero attached hydrogens (tertiary/aromatic N) is 2. The summed E-state index contributed by atoms with van der Waals surface area (Å²) in [6.07, 6.45) is 3.08. The topological polar surface area (TPSA) is 120 Å². The van der Waals surface area contributed by atoms with E-state index in [9.17, 15) is 13.2 Å². The fourth-order valence-corrected chi connectivity index (χ4v) is 4.18. The maximum atomic E-state index is 12.8. The molecule has 0 bridgehead atoms. The van der Waals surface area contributed by atoms with Gasteiger partial charge in [0.25, 0.3) is 15.9 Å². The second kappa shape index (κ2) is 8.70. The van der Waals surface area contributed by atoms with E-state index in [0.29, 0.717) is 36.2 Å². The van der Waals surface area contributed by atoms with E-state index >= 15 is 0 Å². The number of fused-ring (bicyclic) bond motifs is 1. The molecule has 0 unspecified atom stereocenters. The average molecular weight is 469 g/mol. The number of carbonyl (C=O) groups excluding carboxylic acids is 1. The van der Waals surface area contributed by atoms with Crippen LogP contribution in [0.15, 0.2) is 59.8 Å². The average Bonchev–Trinajstić information content (AvgIpc) is 2.78. The number of rotatable bonds is 5. The number of anilines is 2. The maximum absolute atomic E-state index is 12.8. The minimum absolute atomic E-state index is 0.0256. The monoisotopic (exact) mass is 468 g/mol. The molecule has 1 amide bonds. The van der Waals surface area contributed by atoms with Crippen LogP contribution in [-0.4, -0.2) is 37.5 Å². The number of ether oxygens (including phenoxy) is 2. The van der Waals surface area contributed by atoms with Crippen LogP contribution in [-0.2, 0) is 15.4 Å². The van der Waals surface area contributed by atoms with Gasteiger partial charge in [-0.15, -0.1) is 0 Å². The Kier molecular flexibility index (Phi) is 5.94. The summed E-state index contributed by atoms with van der Waals surface area (Å²) in [5, 5.41) is 2.72. The van der Waals surface area contributed by atoms with Gasteiger partial charge in [-0.2, -0.15) is 0 Å². The predicted octanol–water partition coefficient (Wildman–Crippen LogP) is 3.60. The van der Waals surface area contributed by atoms with Crippen molar-refractivity contribution in [3.05, 3.63) is 66.2 Å². The van der Waals surface area contributed by atoms with Gasteiger partial charge in [-0.3, -0.25) is 9.52 Å². The van der Waals surface area contributed by atoms with E-state index in [1.807, 2.05) is 20.8 Å². The van der Waals surface area contributed by atoms with Gasteiger partial charge in [0, 0.05) is 22.7 Å². The van der Waals surface area contributed by atoms with E-state index in [1.165, 1.54) is 18.2 Å². The molecule has 1 aliphatic heterocycles. The first-order chi connectivity index (χ1) is 15.6. The quantitative estimate of drug-likeness (QED) is 0.587. The van der Waals surface area contributed by atoms with Crippen molar-refractivity contribution in [3.63, 3.8) is 0 Å². The molecule has 1 aromatic heterocycles. The summed E-state index contributed by atoms with van der Waals surface area (Å²) >= 11 is 0. The smallest absolute Gasteiger partial charge is 0.262 e. The molecule has 0 fully saturated rings. The molecule has 0 saturated carbocycles. The summed E-state index contributed by atoms with van der Waals surface area (Å²) < 4.78 is 39.1. The second-order valence-electron chi connectivity index (χ2n) is 8.49. The first kappa shape index (κ1) is 22.5. The summed E-state index contributed by atoms with van der Waals surface area (Å²) in [5.74, 6) is 1.12. The second-order valence-corrected chi connectivity index (χ2v) is 10.2. The third kappa shape index (κ3) is 5.23. The highest BCUT2D eigenvalue weighted by molar-refractivity contribution is 7.92. The number of benzene rings is 2. The molecule has 1 aliphatic rings. The molecule has 3 aromatic rings. The Morgan fingerprint density at radius 2 is 1.64 bits per heavy atom. The van der Waals surface area contributed by atoms with E-state index in [1.54, 1.807) is 36.7 Å². The van der Waals surface area contributed by atoms with Crippen LogP contribution in [0, 0.1) is 0 Å². The Morgan fingerprint density at radius 3 is 2.33 bits per heavy atom. The van der Waals surface area contributed by atoms with Gasteiger partial charge in [0.05, 0.1) is 23.0 Å². The van der Waals surface area contributed by atoms with Crippen LogP contribution >= 0.6 is 0 Å². The van der Waals surface area contributed by atoms with Gasteiger partial charge in [-0.05, 0) is 30.3 Å². The zero-order valence-electron chi connectivity index (χ0n) is 18.5. The van der Waals surface area contributed by atoms with E-state index in [4.69, 9.17) is 9.47 Å². The van der Waals surface area contributed by atoms with Crippen LogP contribution in [0.5, 0.6) is 11.5 Å². The number of nitrogens with one attached hydrogen (secondary N) is 2. The number of hydrogen-bond donors (Lipinski definition) is 2. The molecule has 0 aliphatic carbocycles. The Balaban J connectivity index is 1.49. The van der Waals surface area contributed by atoms with Gasteiger partial charge in [0.15, 0.2) is 11.5 Å². The van der Waals surface area contributed by atoms with Crippen molar-refractivity contribution in [1.29, 1.82) is 0 Å². The number of carbonyl (C=O) groups is 1. The van der Waals surface area contributed by atoms with Gasteiger partial charge >= 0.3 is 0 Å². The van der Waals surface area contributed by atoms with E-state index in [-0.39, 0.29) is 21.6 Å². The molecule has 2 heterocycles. The van der Waals surface area contributed by atoms with Crippen molar-refractivity contribution in [2.24, 2.45) is 0 Å². The lowest BCUT2D eigenvalue weighted by atomic mass is 9.96. The Labute approximate surface area is 192 Å². The minimum atomic E-state index is -3.90. The molecule has 0 radical (unpaired) electrons. The van der Waals surface area contributed by atoms with Gasteiger partial charge in [-0.25, -0.2) is 18.4 Å². The van der Waals surface area contributed by atoms with Gasteiger partial charge in [0.2, 0.25) is 0 Å². The van der Waals surface area contributed by atoms with Crippen molar-refractivity contribution in [1.82, 2.24) is 9.97 Å². The van der Waals surface area contributed by atoms with E-state index in [2.05, 4.69) is 20.0 Å². The van der Waals surface area contributed by atoms with Crippen LogP contribution < -0.4 is 19.5 Å². The largest absolute Gasteiger partial charge is 0.486 e. The normalized spacial score (nSPS) is 13.3. The lowest BCUT2D eigenvalue weighted by Crippen LogP contribution is -2.18. The molecule has 9 nitrogen and oxygen atoms in total. The Bertz CT molecular complexity index is 1280. The first-order valence-corrected chi connectivity index (χ1v) is 11.8. The van der Waals surface area contributed by atoms with Crippen molar-refractivity contribution in [3.8, 4) is 11.5 Å². The van der Waals surface area contributed by atoms with E-state index in [0.717, 1.165) is 0 Å². The summed E-state index contributed by atoms with van der Waals surface area (Å²) in [6.45, 7) is 6.76. The number of aromatic nitrogens is 2. The third-order valence-electron chi connectivity index (χ3n) is 4.78. The van der Waals surface area contributed by atoms with Crippen molar-refractivity contribution in [2.75, 3.05) is 23.3 Å². The zero-order chi connectivity index (χ0) is 23.6. The molecule has 2 N–H and O–H groups in total. The highest BCUT2D eigenvalue weighted by Crippen LogP contribution is 2.32. The molecular formula is C23H24N4O5S. The van der Waals surface area contributed by atoms with Crippen molar-refractivity contribution in [2.45, 2.75) is 31.1 Å². The lowest BCUT2D eigenvalue weighted by Gasteiger charge is -2.19. The van der Waals surface area contributed by atoms with E-state index < -0.39 is 15.9 Å². The van der Waals surface area contributed by atoms with Crippen LogP contribution in [0.4, 0.5) is 11.4 Å². The SMILES string of the molecule is CC(C)(C)c1ncc(NC(=O)c2cccc(NS(=O)(=O)c3ccc4c(c3)OCCO4)c2)cn1. The number of hydrogen-bond acceptors (Lipinski definition) is 7. The summed E-state index contributed by atoms with van der Waals surface area (Å²) in [4.78, 5) is 21.3. The molecule has 4 rings (SSSR count).